The van der Waals surface area contributed by atoms with E-state index in [1.807, 2.05) is 37.8 Å². The van der Waals surface area contributed by atoms with Crippen LogP contribution in [0, 0.1) is 32.6 Å². The Morgan fingerprint density at radius 3 is 2.06 bits per heavy atom. The molecule has 0 radical (unpaired) electrons. The maximum absolute atomic E-state index is 13.0. The summed E-state index contributed by atoms with van der Waals surface area (Å²) in [7, 11) is 0.149. The van der Waals surface area contributed by atoms with Gasteiger partial charge in [0.2, 0.25) is 15.9 Å². The van der Waals surface area contributed by atoms with E-state index in [1.165, 1.54) is 30.2 Å². The van der Waals surface area contributed by atoms with Crippen molar-refractivity contribution in [2.45, 2.75) is 51.3 Å². The van der Waals surface area contributed by atoms with Gasteiger partial charge in [-0.25, -0.2) is 8.42 Å². The first-order valence-electron chi connectivity index (χ1n) is 12.2. The monoisotopic (exact) mass is 479 g/mol. The van der Waals surface area contributed by atoms with Crippen molar-refractivity contribution in [3.05, 3.63) is 28.8 Å². The molecule has 2 aliphatic heterocycles. The Bertz CT molecular complexity index is 895. The van der Waals surface area contributed by atoms with Crippen LogP contribution in [0.1, 0.15) is 42.4 Å². The number of hydrogen-bond acceptors (Lipinski definition) is 5. The van der Waals surface area contributed by atoms with Gasteiger partial charge >= 0.3 is 0 Å². The van der Waals surface area contributed by atoms with E-state index in [9.17, 15) is 13.2 Å². The van der Waals surface area contributed by atoms with Crippen LogP contribution in [0.15, 0.2) is 17.0 Å². The third-order valence-corrected chi connectivity index (χ3v) is 9.53. The first-order chi connectivity index (χ1) is 15.6. The fourth-order valence-corrected chi connectivity index (χ4v) is 6.97. The van der Waals surface area contributed by atoms with Crippen molar-refractivity contribution in [3.63, 3.8) is 0 Å². The van der Waals surface area contributed by atoms with Crippen molar-refractivity contribution in [3.8, 4) is 0 Å². The molecule has 1 amide bonds. The lowest BCUT2D eigenvalue weighted by Crippen LogP contribution is -2.43. The smallest absolute Gasteiger partial charge is 0.248 e. The van der Waals surface area contributed by atoms with Crippen LogP contribution in [0.25, 0.3) is 0 Å². The van der Waals surface area contributed by atoms with Crippen molar-refractivity contribution < 1.29 is 17.9 Å². The number of likely N-dealkylation sites (N-methyl/N-ethyl adjacent to an activating group) is 1. The zero-order chi connectivity index (χ0) is 24.2. The third kappa shape index (κ3) is 6.56. The number of likely N-dealkylation sites (tertiary alicyclic amines) is 2. The molecular formula is C25H41N3O4S. The molecule has 7 nitrogen and oxygen atoms in total. The number of nitrogens with zero attached hydrogens (tertiary/aromatic N) is 3. The molecule has 2 heterocycles. The summed E-state index contributed by atoms with van der Waals surface area (Å²) in [6, 6.07) is 3.78. The van der Waals surface area contributed by atoms with E-state index >= 15 is 0 Å². The highest BCUT2D eigenvalue weighted by molar-refractivity contribution is 7.89. The molecule has 1 aromatic carbocycles. The molecule has 8 heteroatoms. The van der Waals surface area contributed by atoms with Gasteiger partial charge in [0.15, 0.2) is 0 Å². The number of benzene rings is 1. The van der Waals surface area contributed by atoms with E-state index in [4.69, 9.17) is 4.74 Å². The number of sulfonamides is 1. The lowest BCUT2D eigenvalue weighted by Gasteiger charge is -2.39. The second-order valence-electron chi connectivity index (χ2n) is 9.97. The highest BCUT2D eigenvalue weighted by atomic mass is 32.2. The van der Waals surface area contributed by atoms with Crippen molar-refractivity contribution in [1.29, 1.82) is 0 Å². The van der Waals surface area contributed by atoms with Gasteiger partial charge in [-0.3, -0.25) is 4.79 Å². The molecule has 2 saturated heterocycles. The Morgan fingerprint density at radius 1 is 1.00 bits per heavy atom. The van der Waals surface area contributed by atoms with E-state index in [2.05, 4.69) is 11.9 Å². The summed E-state index contributed by atoms with van der Waals surface area (Å²) < 4.78 is 33.0. The molecule has 186 valence electrons. The minimum atomic E-state index is -3.60. The van der Waals surface area contributed by atoms with E-state index in [0.717, 1.165) is 54.5 Å². The minimum Gasteiger partial charge on any atom is -0.370 e. The largest absolute Gasteiger partial charge is 0.370 e. The van der Waals surface area contributed by atoms with Crippen molar-refractivity contribution >= 4 is 15.9 Å². The highest BCUT2D eigenvalue weighted by Gasteiger charge is 2.30. The zero-order valence-corrected chi connectivity index (χ0v) is 21.8. The van der Waals surface area contributed by atoms with Crippen molar-refractivity contribution in [2.24, 2.45) is 11.8 Å². The summed E-state index contributed by atoms with van der Waals surface area (Å²) in [6.07, 6.45) is 4.71. The lowest BCUT2D eigenvalue weighted by molar-refractivity contribution is -0.137. The van der Waals surface area contributed by atoms with Gasteiger partial charge in [-0.15, -0.1) is 0 Å². The molecule has 0 spiro atoms. The maximum Gasteiger partial charge on any atom is 0.248 e. The van der Waals surface area contributed by atoms with Gasteiger partial charge in [-0.1, -0.05) is 17.7 Å². The fourth-order valence-electron chi connectivity index (χ4n) is 5.41. The average Bonchev–Trinajstić information content (AvgIpc) is 2.76. The zero-order valence-electron chi connectivity index (χ0n) is 21.0. The van der Waals surface area contributed by atoms with E-state index < -0.39 is 10.0 Å². The number of carbonyl (C=O) groups excluding carboxylic acids is 1. The third-order valence-electron chi connectivity index (χ3n) is 7.37. The second kappa shape index (κ2) is 11.3. The standard InChI is InChI=1S/C25H41N3O4S/c1-19-16-20(2)25(21(3)17-19)33(30,31)27(5)14-15-32-18-24(29)28-12-8-23(9-13-28)22-6-10-26(4)11-7-22/h16-17,22-23H,6-15,18H2,1-5H3. The van der Waals surface area contributed by atoms with Crippen LogP contribution in [0.2, 0.25) is 0 Å². The molecule has 0 atom stereocenters. The SMILES string of the molecule is Cc1cc(C)c(S(=O)(=O)N(C)CCOCC(=O)N2CCC(C3CCN(C)CC3)CC2)c(C)c1. The average molecular weight is 480 g/mol. The second-order valence-corrected chi connectivity index (χ2v) is 11.9. The Balaban J connectivity index is 1.40. The first kappa shape index (κ1) is 26.1. The molecule has 0 N–H and O–H groups in total. The summed E-state index contributed by atoms with van der Waals surface area (Å²) in [4.78, 5) is 17.2. The summed E-state index contributed by atoms with van der Waals surface area (Å²) in [6.45, 7) is 10.0. The number of hydrogen-bond donors (Lipinski definition) is 0. The highest BCUT2D eigenvalue weighted by Crippen LogP contribution is 2.32. The molecule has 2 fully saturated rings. The van der Waals surface area contributed by atoms with Crippen molar-refractivity contribution in [2.75, 3.05) is 60.0 Å². The molecule has 0 bridgehead atoms. The minimum absolute atomic E-state index is 0.00700. The van der Waals surface area contributed by atoms with Gasteiger partial charge in [0, 0.05) is 26.7 Å². The number of carbonyl (C=O) groups is 1. The molecule has 33 heavy (non-hydrogen) atoms. The predicted molar refractivity (Wildman–Crippen MR) is 131 cm³/mol. The van der Waals surface area contributed by atoms with Crippen LogP contribution in [0.3, 0.4) is 0 Å². The number of amides is 1. The molecule has 0 aromatic heterocycles. The quantitative estimate of drug-likeness (QED) is 0.536. The van der Waals surface area contributed by atoms with Crippen LogP contribution < -0.4 is 0 Å². The van der Waals surface area contributed by atoms with Crippen LogP contribution in [0.4, 0.5) is 0 Å². The molecule has 2 aliphatic rings. The van der Waals surface area contributed by atoms with Crippen LogP contribution in [0.5, 0.6) is 0 Å². The summed E-state index contributed by atoms with van der Waals surface area (Å²) >= 11 is 0. The molecular weight excluding hydrogens is 438 g/mol. The predicted octanol–water partition coefficient (Wildman–Crippen LogP) is 2.83. The van der Waals surface area contributed by atoms with E-state index in [0.29, 0.717) is 4.90 Å². The number of aryl methyl sites for hydroxylation is 3. The topological polar surface area (TPSA) is 70.2 Å². The van der Waals surface area contributed by atoms with Gasteiger partial charge in [-0.05, 0) is 89.6 Å². The Hall–Kier alpha value is -1.48. The normalized spacial score (nSPS) is 19.4. The molecule has 3 rings (SSSR count). The Labute approximate surface area is 200 Å². The number of rotatable bonds is 8. The molecule has 0 saturated carbocycles. The number of ether oxygens (including phenoxy) is 1. The molecule has 1 aromatic rings. The van der Waals surface area contributed by atoms with Crippen LogP contribution in [-0.4, -0.2) is 88.5 Å². The van der Waals surface area contributed by atoms with Gasteiger partial charge < -0.3 is 14.5 Å². The first-order valence-corrected chi connectivity index (χ1v) is 13.6. The van der Waals surface area contributed by atoms with Crippen molar-refractivity contribution in [1.82, 2.24) is 14.1 Å². The summed E-state index contributed by atoms with van der Waals surface area (Å²) in [5.74, 6) is 1.54. The maximum atomic E-state index is 13.0. The van der Waals surface area contributed by atoms with Crippen LogP contribution in [-0.2, 0) is 19.6 Å². The van der Waals surface area contributed by atoms with E-state index in [-0.39, 0.29) is 25.7 Å². The van der Waals surface area contributed by atoms with Gasteiger partial charge in [0.05, 0.1) is 11.5 Å². The summed E-state index contributed by atoms with van der Waals surface area (Å²) in [5.41, 5.74) is 2.54. The van der Waals surface area contributed by atoms with Crippen LogP contribution >= 0.6 is 0 Å². The number of piperidine rings is 2. The van der Waals surface area contributed by atoms with Gasteiger partial charge in [0.25, 0.3) is 0 Å². The fraction of sp³-hybridized carbons (Fsp3) is 0.720. The van der Waals surface area contributed by atoms with E-state index in [1.54, 1.807) is 7.05 Å². The van der Waals surface area contributed by atoms with Gasteiger partial charge in [-0.2, -0.15) is 4.31 Å². The molecule has 0 unspecified atom stereocenters. The van der Waals surface area contributed by atoms with Gasteiger partial charge in [0.1, 0.15) is 6.61 Å². The lowest BCUT2D eigenvalue weighted by atomic mass is 9.79. The Kier molecular flexibility index (Phi) is 8.95. The summed E-state index contributed by atoms with van der Waals surface area (Å²) in [5, 5.41) is 0. The molecule has 0 aliphatic carbocycles. The Morgan fingerprint density at radius 2 is 1.52 bits per heavy atom.